The van der Waals surface area contributed by atoms with Gasteiger partial charge in [-0.2, -0.15) is 4.68 Å². The highest BCUT2D eigenvalue weighted by atomic mass is 16.1. The highest BCUT2D eigenvalue weighted by Gasteiger charge is 2.18. The number of rotatable bonds is 1. The number of hydrogen-bond acceptors (Lipinski definition) is 1. The molecule has 0 aliphatic rings. The van der Waals surface area contributed by atoms with Crippen molar-refractivity contribution in [1.29, 1.82) is 0 Å². The van der Waals surface area contributed by atoms with Gasteiger partial charge in [0.15, 0.2) is 0 Å². The summed E-state index contributed by atoms with van der Waals surface area (Å²) in [4.78, 5) is 12.5. The van der Waals surface area contributed by atoms with Gasteiger partial charge in [-0.3, -0.25) is 0 Å². The van der Waals surface area contributed by atoms with Gasteiger partial charge in [-0.25, -0.2) is 9.36 Å². The molecule has 4 heteroatoms. The van der Waals surface area contributed by atoms with Gasteiger partial charge in [0.25, 0.3) is 5.82 Å². The Kier molecular flexibility index (Phi) is 2.30. The molecule has 0 unspecified atom stereocenters. The molecule has 4 nitrogen and oxygen atoms in total. The van der Waals surface area contributed by atoms with Crippen LogP contribution in [0.1, 0.15) is 5.82 Å². The van der Waals surface area contributed by atoms with Gasteiger partial charge in [-0.1, -0.05) is 16.8 Å². The molecule has 0 aliphatic heterocycles. The summed E-state index contributed by atoms with van der Waals surface area (Å²) in [6.45, 7) is 1.94. The van der Waals surface area contributed by atoms with E-state index < -0.39 is 0 Å². The van der Waals surface area contributed by atoms with Gasteiger partial charge >= 0.3 is 5.56 Å². The van der Waals surface area contributed by atoms with Crippen molar-refractivity contribution in [3.63, 3.8) is 0 Å². The molecule has 0 amide bonds. The number of para-hydroxylation sites is 1. The van der Waals surface area contributed by atoms with Gasteiger partial charge in [0.05, 0.1) is 7.05 Å². The maximum atomic E-state index is 12.5. The van der Waals surface area contributed by atoms with E-state index in [2.05, 4.69) is 0 Å². The molecule has 18 heavy (non-hydrogen) atoms. The zero-order valence-corrected chi connectivity index (χ0v) is 10.4. The average molecular weight is 240 g/mol. The van der Waals surface area contributed by atoms with Crippen LogP contribution < -0.4 is 10.1 Å². The molecule has 1 aromatic carbocycles. The molecule has 0 N–H and O–H groups in total. The molecule has 0 radical (unpaired) electrons. The lowest BCUT2D eigenvalue weighted by Crippen LogP contribution is -2.44. The van der Waals surface area contributed by atoms with E-state index in [-0.39, 0.29) is 5.56 Å². The van der Waals surface area contributed by atoms with Crippen molar-refractivity contribution in [3.8, 4) is 0 Å². The number of fused-ring (bicyclic) bond motifs is 1. The summed E-state index contributed by atoms with van der Waals surface area (Å²) >= 11 is 0. The second-order valence-electron chi connectivity index (χ2n) is 4.30. The van der Waals surface area contributed by atoms with E-state index >= 15 is 0 Å². The lowest BCUT2D eigenvalue weighted by Gasteiger charge is -2.08. The molecule has 0 aliphatic carbocycles. The quantitative estimate of drug-likeness (QED) is 0.589. The standard InChI is InChI=1S/C14H14N3O/c1-11-15(2)13-8-4-3-7-12(13)14(18)17(11)16-9-5-6-10-16/h3-10H,1-2H3/q+1. The van der Waals surface area contributed by atoms with Crippen LogP contribution in [0.4, 0.5) is 0 Å². The van der Waals surface area contributed by atoms with Gasteiger partial charge in [0, 0.05) is 19.3 Å². The van der Waals surface area contributed by atoms with E-state index in [1.807, 2.05) is 67.3 Å². The van der Waals surface area contributed by atoms with Crippen molar-refractivity contribution in [3.05, 3.63) is 65.0 Å². The van der Waals surface area contributed by atoms with Crippen LogP contribution in [0.25, 0.3) is 10.9 Å². The summed E-state index contributed by atoms with van der Waals surface area (Å²) in [7, 11) is 1.97. The van der Waals surface area contributed by atoms with Crippen molar-refractivity contribution < 1.29 is 4.57 Å². The largest absolute Gasteiger partial charge is 0.369 e. The Balaban J connectivity index is 2.51. The van der Waals surface area contributed by atoms with Crippen molar-refractivity contribution >= 4 is 10.9 Å². The molecule has 2 aromatic heterocycles. The third-order valence-electron chi connectivity index (χ3n) is 3.30. The van der Waals surface area contributed by atoms with Crippen molar-refractivity contribution in [2.75, 3.05) is 0 Å². The molecule has 90 valence electrons. The normalized spacial score (nSPS) is 11.0. The molecule has 0 fully saturated rings. The van der Waals surface area contributed by atoms with Crippen molar-refractivity contribution in [2.45, 2.75) is 6.92 Å². The minimum absolute atomic E-state index is 0.00241. The lowest BCUT2D eigenvalue weighted by atomic mass is 10.2. The van der Waals surface area contributed by atoms with Gasteiger partial charge in [0.1, 0.15) is 10.9 Å². The van der Waals surface area contributed by atoms with E-state index in [0.29, 0.717) is 0 Å². The topological polar surface area (TPSA) is 30.8 Å². The summed E-state index contributed by atoms with van der Waals surface area (Å²) in [6.07, 6.45) is 3.73. The van der Waals surface area contributed by atoms with E-state index in [9.17, 15) is 4.79 Å². The van der Waals surface area contributed by atoms with Crippen molar-refractivity contribution in [2.24, 2.45) is 7.05 Å². The second kappa shape index (κ2) is 3.84. The summed E-state index contributed by atoms with van der Waals surface area (Å²) in [5, 5.41) is 0.722. The molecular formula is C14H14N3O+. The molecule has 0 spiro atoms. The van der Waals surface area contributed by atoms with Crippen molar-refractivity contribution in [1.82, 2.24) is 9.35 Å². The fraction of sp³-hybridized carbons (Fsp3) is 0.143. The summed E-state index contributed by atoms with van der Waals surface area (Å²) in [5.41, 5.74) is 0.945. The average Bonchev–Trinajstić information content (AvgIpc) is 2.90. The maximum Gasteiger partial charge on any atom is 0.369 e. The Morgan fingerprint density at radius 1 is 1.06 bits per heavy atom. The number of hydrogen-bond donors (Lipinski definition) is 0. The van der Waals surface area contributed by atoms with Crippen LogP contribution in [0.5, 0.6) is 0 Å². The first-order valence-corrected chi connectivity index (χ1v) is 5.84. The molecular weight excluding hydrogens is 226 g/mol. The van der Waals surface area contributed by atoms with Crippen LogP contribution in [-0.2, 0) is 7.05 Å². The van der Waals surface area contributed by atoms with Crippen LogP contribution in [0.15, 0.2) is 53.6 Å². The molecule has 0 saturated carbocycles. The SMILES string of the molecule is Cc1n(-n2cccc2)c(=O)c2ccccc2[n+]1C. The molecule has 3 rings (SSSR count). The van der Waals surface area contributed by atoms with E-state index in [4.69, 9.17) is 0 Å². The molecule has 0 bridgehead atoms. The smallest absolute Gasteiger partial charge is 0.238 e. The number of aromatic nitrogens is 3. The minimum Gasteiger partial charge on any atom is -0.238 e. The maximum absolute atomic E-state index is 12.5. The Morgan fingerprint density at radius 2 is 1.72 bits per heavy atom. The predicted octanol–water partition coefficient (Wildman–Crippen LogP) is 1.25. The Morgan fingerprint density at radius 3 is 2.44 bits per heavy atom. The Bertz CT molecular complexity index is 770. The van der Waals surface area contributed by atoms with Gasteiger partial charge in [-0.05, 0) is 24.3 Å². The molecule has 2 heterocycles. The number of aryl methyl sites for hydroxylation is 1. The fourth-order valence-corrected chi connectivity index (χ4v) is 2.26. The number of nitrogens with zero attached hydrogens (tertiary/aromatic N) is 3. The third-order valence-corrected chi connectivity index (χ3v) is 3.30. The predicted molar refractivity (Wildman–Crippen MR) is 69.3 cm³/mol. The third kappa shape index (κ3) is 1.39. The van der Waals surface area contributed by atoms with Crippen LogP contribution in [0.2, 0.25) is 0 Å². The monoisotopic (exact) mass is 240 g/mol. The first-order valence-electron chi connectivity index (χ1n) is 5.84. The Labute approximate surface area is 104 Å². The number of benzene rings is 1. The first-order chi connectivity index (χ1) is 8.70. The zero-order chi connectivity index (χ0) is 12.7. The van der Waals surface area contributed by atoms with Crippen LogP contribution >= 0.6 is 0 Å². The lowest BCUT2D eigenvalue weighted by molar-refractivity contribution is -0.656. The van der Waals surface area contributed by atoms with Gasteiger partial charge in [0.2, 0.25) is 0 Å². The second-order valence-corrected chi connectivity index (χ2v) is 4.30. The molecule has 0 saturated heterocycles. The van der Waals surface area contributed by atoms with Gasteiger partial charge < -0.3 is 0 Å². The Hall–Kier alpha value is -2.36. The van der Waals surface area contributed by atoms with E-state index in [1.165, 1.54) is 0 Å². The first kappa shape index (κ1) is 10.8. The molecule has 0 atom stereocenters. The highest BCUT2D eigenvalue weighted by Crippen LogP contribution is 2.05. The van der Waals surface area contributed by atoms with Crippen LogP contribution in [0.3, 0.4) is 0 Å². The summed E-state index contributed by atoms with van der Waals surface area (Å²) in [5.74, 6) is 0.884. The van der Waals surface area contributed by atoms with Crippen LogP contribution in [-0.4, -0.2) is 9.35 Å². The van der Waals surface area contributed by atoms with E-state index in [0.717, 1.165) is 16.7 Å². The minimum atomic E-state index is -0.00241. The summed E-state index contributed by atoms with van der Waals surface area (Å²) in [6, 6.07) is 11.5. The summed E-state index contributed by atoms with van der Waals surface area (Å²) < 4.78 is 5.49. The van der Waals surface area contributed by atoms with E-state index in [1.54, 1.807) is 9.35 Å². The van der Waals surface area contributed by atoms with Crippen LogP contribution in [0, 0.1) is 6.92 Å². The highest BCUT2D eigenvalue weighted by molar-refractivity contribution is 5.74. The van der Waals surface area contributed by atoms with Gasteiger partial charge in [-0.15, -0.1) is 0 Å². The zero-order valence-electron chi connectivity index (χ0n) is 10.4. The fourth-order valence-electron chi connectivity index (χ4n) is 2.26. The molecule has 3 aromatic rings.